The summed E-state index contributed by atoms with van der Waals surface area (Å²) < 4.78 is 0. The molecule has 17 heavy (non-hydrogen) atoms. The molecule has 1 fully saturated rings. The first kappa shape index (κ1) is 12.5. The Bertz CT molecular complexity index is 414. The lowest BCUT2D eigenvalue weighted by atomic mass is 10.0. The van der Waals surface area contributed by atoms with Crippen LogP contribution in [0, 0.1) is 0 Å². The van der Waals surface area contributed by atoms with E-state index in [1.54, 1.807) is 11.8 Å². The van der Waals surface area contributed by atoms with Gasteiger partial charge in [-0.1, -0.05) is 12.1 Å². The Labute approximate surface area is 106 Å². The Kier molecular flexibility index (Phi) is 3.74. The van der Waals surface area contributed by atoms with Crippen molar-refractivity contribution in [2.24, 2.45) is 0 Å². The molecule has 1 atom stereocenters. The summed E-state index contributed by atoms with van der Waals surface area (Å²) in [5, 5.41) is 6.41. The van der Waals surface area contributed by atoms with Gasteiger partial charge in [-0.05, 0) is 38.3 Å². The molecule has 2 rings (SSSR count). The molecule has 3 nitrogen and oxygen atoms in total. The Morgan fingerprint density at radius 3 is 2.88 bits per heavy atom. The van der Waals surface area contributed by atoms with Gasteiger partial charge in [-0.15, -0.1) is 11.8 Å². The highest BCUT2D eigenvalue weighted by atomic mass is 32.2. The number of thioether (sulfide) groups is 1. The zero-order chi connectivity index (χ0) is 12.3. The smallest absolute Gasteiger partial charge is 0.252 e. The molecule has 0 aromatic heterocycles. The van der Waals surface area contributed by atoms with E-state index in [0.29, 0.717) is 0 Å². The predicted molar refractivity (Wildman–Crippen MR) is 71.6 cm³/mol. The molecule has 1 aliphatic rings. The van der Waals surface area contributed by atoms with Crippen molar-refractivity contribution in [3.8, 4) is 0 Å². The quantitative estimate of drug-likeness (QED) is 0.805. The van der Waals surface area contributed by atoms with Crippen LogP contribution in [-0.4, -0.2) is 30.8 Å². The second-order valence-corrected chi connectivity index (χ2v) is 5.49. The predicted octanol–water partition coefficient (Wildman–Crippen LogP) is 1.89. The normalized spacial score (nSPS) is 23.6. The molecule has 0 aliphatic carbocycles. The van der Waals surface area contributed by atoms with E-state index >= 15 is 0 Å². The van der Waals surface area contributed by atoms with Crippen molar-refractivity contribution in [1.82, 2.24) is 10.6 Å². The SMILES string of the molecule is CSc1ccccc1C(=O)NC1(C)CCNC1. The minimum Gasteiger partial charge on any atom is -0.346 e. The monoisotopic (exact) mass is 250 g/mol. The van der Waals surface area contributed by atoms with Crippen LogP contribution in [0.2, 0.25) is 0 Å². The van der Waals surface area contributed by atoms with Gasteiger partial charge in [-0.3, -0.25) is 4.79 Å². The molecule has 92 valence electrons. The Hall–Kier alpha value is -1.00. The highest BCUT2D eigenvalue weighted by molar-refractivity contribution is 7.98. The zero-order valence-corrected chi connectivity index (χ0v) is 11.1. The van der Waals surface area contributed by atoms with Gasteiger partial charge >= 0.3 is 0 Å². The van der Waals surface area contributed by atoms with Crippen molar-refractivity contribution >= 4 is 17.7 Å². The van der Waals surface area contributed by atoms with Crippen molar-refractivity contribution < 1.29 is 4.79 Å². The maximum atomic E-state index is 12.2. The average Bonchev–Trinajstić information content (AvgIpc) is 2.75. The molecular formula is C13H18N2OS. The van der Waals surface area contributed by atoms with Crippen molar-refractivity contribution in [3.63, 3.8) is 0 Å². The van der Waals surface area contributed by atoms with E-state index < -0.39 is 0 Å². The van der Waals surface area contributed by atoms with Crippen LogP contribution in [0.5, 0.6) is 0 Å². The van der Waals surface area contributed by atoms with Crippen LogP contribution in [0.25, 0.3) is 0 Å². The lowest BCUT2D eigenvalue weighted by Crippen LogP contribution is -2.47. The molecular weight excluding hydrogens is 232 g/mol. The number of hydrogen-bond acceptors (Lipinski definition) is 3. The zero-order valence-electron chi connectivity index (χ0n) is 10.2. The van der Waals surface area contributed by atoms with E-state index in [2.05, 4.69) is 17.6 Å². The lowest BCUT2D eigenvalue weighted by molar-refractivity contribution is 0.0910. The van der Waals surface area contributed by atoms with Gasteiger partial charge in [0.2, 0.25) is 0 Å². The summed E-state index contributed by atoms with van der Waals surface area (Å²) in [5.74, 6) is 0.0288. The molecule has 0 spiro atoms. The van der Waals surface area contributed by atoms with Gasteiger partial charge in [0, 0.05) is 11.4 Å². The summed E-state index contributed by atoms with van der Waals surface area (Å²) in [4.78, 5) is 13.3. The molecule has 0 bridgehead atoms. The van der Waals surface area contributed by atoms with Crippen molar-refractivity contribution in [3.05, 3.63) is 29.8 Å². The molecule has 0 saturated carbocycles. The van der Waals surface area contributed by atoms with E-state index in [-0.39, 0.29) is 11.4 Å². The van der Waals surface area contributed by atoms with E-state index in [4.69, 9.17) is 0 Å². The van der Waals surface area contributed by atoms with E-state index in [1.807, 2.05) is 30.5 Å². The van der Waals surface area contributed by atoms with Crippen molar-refractivity contribution in [2.45, 2.75) is 23.8 Å². The minimum atomic E-state index is -0.109. The Balaban J connectivity index is 2.14. The topological polar surface area (TPSA) is 41.1 Å². The number of nitrogens with one attached hydrogen (secondary N) is 2. The lowest BCUT2D eigenvalue weighted by Gasteiger charge is -2.24. The Morgan fingerprint density at radius 1 is 1.47 bits per heavy atom. The van der Waals surface area contributed by atoms with Gasteiger partial charge in [0.1, 0.15) is 0 Å². The molecule has 1 heterocycles. The summed E-state index contributed by atoms with van der Waals surface area (Å²) in [6, 6.07) is 7.73. The molecule has 1 aliphatic heterocycles. The number of carbonyl (C=O) groups excluding carboxylic acids is 1. The summed E-state index contributed by atoms with van der Waals surface area (Å²) >= 11 is 1.60. The van der Waals surface area contributed by atoms with Crippen LogP contribution < -0.4 is 10.6 Å². The number of amides is 1. The van der Waals surface area contributed by atoms with Crippen LogP contribution in [0.4, 0.5) is 0 Å². The standard InChI is InChI=1S/C13H18N2OS/c1-13(7-8-14-9-13)15-12(16)10-5-3-4-6-11(10)17-2/h3-6,14H,7-9H2,1-2H3,(H,15,16). The first-order valence-electron chi connectivity index (χ1n) is 5.81. The van der Waals surface area contributed by atoms with Crippen LogP contribution in [0.15, 0.2) is 29.2 Å². The third kappa shape index (κ3) is 2.82. The molecule has 1 aromatic rings. The van der Waals surface area contributed by atoms with Gasteiger partial charge in [0.05, 0.1) is 11.1 Å². The minimum absolute atomic E-state index is 0.0288. The van der Waals surface area contributed by atoms with Gasteiger partial charge in [-0.2, -0.15) is 0 Å². The molecule has 1 unspecified atom stereocenters. The number of benzene rings is 1. The number of carbonyl (C=O) groups is 1. The fraction of sp³-hybridized carbons (Fsp3) is 0.462. The van der Waals surface area contributed by atoms with Gasteiger partial charge in [0.15, 0.2) is 0 Å². The average molecular weight is 250 g/mol. The highest BCUT2D eigenvalue weighted by Gasteiger charge is 2.30. The van der Waals surface area contributed by atoms with Crippen LogP contribution in [-0.2, 0) is 0 Å². The fourth-order valence-corrected chi connectivity index (χ4v) is 2.69. The highest BCUT2D eigenvalue weighted by Crippen LogP contribution is 2.21. The second kappa shape index (κ2) is 5.10. The Morgan fingerprint density at radius 2 is 2.24 bits per heavy atom. The molecule has 4 heteroatoms. The maximum Gasteiger partial charge on any atom is 0.252 e. The molecule has 1 aromatic carbocycles. The van der Waals surface area contributed by atoms with Gasteiger partial charge in [0.25, 0.3) is 5.91 Å². The molecule has 0 radical (unpaired) electrons. The number of rotatable bonds is 3. The second-order valence-electron chi connectivity index (χ2n) is 4.64. The summed E-state index contributed by atoms with van der Waals surface area (Å²) in [7, 11) is 0. The molecule has 1 amide bonds. The van der Waals surface area contributed by atoms with Crippen LogP contribution in [0.1, 0.15) is 23.7 Å². The first-order valence-corrected chi connectivity index (χ1v) is 7.03. The van der Waals surface area contributed by atoms with Crippen LogP contribution >= 0.6 is 11.8 Å². The number of hydrogen-bond donors (Lipinski definition) is 2. The molecule has 2 N–H and O–H groups in total. The summed E-state index contributed by atoms with van der Waals surface area (Å²) in [5.41, 5.74) is 0.663. The first-order chi connectivity index (χ1) is 8.14. The maximum absolute atomic E-state index is 12.2. The van der Waals surface area contributed by atoms with E-state index in [9.17, 15) is 4.79 Å². The van der Waals surface area contributed by atoms with Crippen LogP contribution in [0.3, 0.4) is 0 Å². The van der Waals surface area contributed by atoms with Crippen molar-refractivity contribution in [2.75, 3.05) is 19.3 Å². The van der Waals surface area contributed by atoms with Crippen molar-refractivity contribution in [1.29, 1.82) is 0 Å². The third-order valence-corrected chi connectivity index (χ3v) is 3.93. The van der Waals surface area contributed by atoms with Gasteiger partial charge in [-0.25, -0.2) is 0 Å². The largest absolute Gasteiger partial charge is 0.346 e. The van der Waals surface area contributed by atoms with E-state index in [1.165, 1.54) is 0 Å². The third-order valence-electron chi connectivity index (χ3n) is 3.14. The van der Waals surface area contributed by atoms with E-state index in [0.717, 1.165) is 30.0 Å². The summed E-state index contributed by atoms with van der Waals surface area (Å²) in [6.07, 6.45) is 2.98. The summed E-state index contributed by atoms with van der Waals surface area (Å²) in [6.45, 7) is 3.91. The van der Waals surface area contributed by atoms with Gasteiger partial charge < -0.3 is 10.6 Å². The molecule has 1 saturated heterocycles. The fourth-order valence-electron chi connectivity index (χ4n) is 2.10.